The number of benzene rings is 1. The smallest absolute Gasteiger partial charge is 0.270 e. The van der Waals surface area contributed by atoms with Gasteiger partial charge in [-0.3, -0.25) is 28.6 Å². The van der Waals surface area contributed by atoms with Crippen LogP contribution in [0.2, 0.25) is 0 Å². The zero-order valence-electron chi connectivity index (χ0n) is 30.0. The first-order valence-corrected chi connectivity index (χ1v) is 19.9. The van der Waals surface area contributed by atoms with Crippen molar-refractivity contribution in [3.63, 3.8) is 0 Å². The maximum atomic E-state index is 14.6. The molecule has 1 saturated heterocycles. The summed E-state index contributed by atoms with van der Waals surface area (Å²) in [6.07, 6.45) is 11.9. The van der Waals surface area contributed by atoms with Gasteiger partial charge in [-0.25, -0.2) is 22.8 Å². The van der Waals surface area contributed by atoms with E-state index in [0.717, 1.165) is 12.8 Å². The Hall–Kier alpha value is -5.19. The van der Waals surface area contributed by atoms with E-state index in [1.807, 2.05) is 13.0 Å². The summed E-state index contributed by atoms with van der Waals surface area (Å²) in [5.74, 6) is -3.64. The second-order valence-electron chi connectivity index (χ2n) is 14.3. The van der Waals surface area contributed by atoms with Crippen molar-refractivity contribution in [2.24, 2.45) is 13.0 Å². The molecule has 1 aromatic carbocycles. The number of halogens is 1. The van der Waals surface area contributed by atoms with E-state index in [4.69, 9.17) is 4.74 Å². The van der Waals surface area contributed by atoms with Crippen molar-refractivity contribution in [2.45, 2.75) is 93.7 Å². The number of ether oxygens (including phenoxy) is 1. The minimum Gasteiger partial charge on any atom is -0.471 e. The van der Waals surface area contributed by atoms with Gasteiger partial charge in [-0.05, 0) is 56.7 Å². The number of aromatic nitrogens is 4. The van der Waals surface area contributed by atoms with Gasteiger partial charge in [0.2, 0.25) is 27.7 Å². The maximum absolute atomic E-state index is 14.6. The standard InChI is InChI=1S/C37H43FN8O7S/c1-3-26-34(42-29-19-23(38)11-14-27(29)40-26)53-24-20-31-33(48)43-37(36(50)44-54(51,52)25-12-13-25)17-15-22(37)9-7-5-4-6-8-10-28(35(49)46(31)21-24)41-32(47)30-16-18-39-45(30)2/h7,9,11,14-19,22,24-25,28,31H,3-6,8,10,12-13,20-21H2,1-2H3,(H,41,47)(H,43,48)(H,44,50). The van der Waals surface area contributed by atoms with E-state index in [2.05, 4.69) is 30.4 Å². The van der Waals surface area contributed by atoms with Gasteiger partial charge in [0.15, 0.2) is 0 Å². The summed E-state index contributed by atoms with van der Waals surface area (Å²) in [4.78, 5) is 66.8. The molecular formula is C37H43FN8O7S. The van der Waals surface area contributed by atoms with Crippen molar-refractivity contribution < 1.29 is 36.7 Å². The van der Waals surface area contributed by atoms with E-state index in [1.165, 1.54) is 46.1 Å². The third kappa shape index (κ3) is 7.45. The van der Waals surface area contributed by atoms with Gasteiger partial charge in [-0.15, -0.1) is 0 Å². The fourth-order valence-corrected chi connectivity index (χ4v) is 8.56. The molecule has 4 heterocycles. The van der Waals surface area contributed by atoms with Gasteiger partial charge in [0.25, 0.3) is 11.8 Å². The lowest BCUT2D eigenvalue weighted by molar-refractivity contribution is -0.142. The van der Waals surface area contributed by atoms with E-state index in [-0.39, 0.29) is 30.1 Å². The predicted molar refractivity (Wildman–Crippen MR) is 194 cm³/mol. The Balaban J connectivity index is 1.22. The number of aryl methyl sites for hydroxylation is 2. The largest absolute Gasteiger partial charge is 0.471 e. The van der Waals surface area contributed by atoms with Gasteiger partial charge in [-0.1, -0.05) is 44.1 Å². The van der Waals surface area contributed by atoms with Gasteiger partial charge >= 0.3 is 0 Å². The highest BCUT2D eigenvalue weighted by Gasteiger charge is 2.53. The third-order valence-corrected chi connectivity index (χ3v) is 12.3. The normalized spacial score (nSPS) is 26.2. The van der Waals surface area contributed by atoms with Crippen molar-refractivity contribution in [1.82, 2.24) is 40.0 Å². The number of sulfonamides is 1. The summed E-state index contributed by atoms with van der Waals surface area (Å²) < 4.78 is 49.9. The van der Waals surface area contributed by atoms with Gasteiger partial charge in [0, 0.05) is 31.6 Å². The van der Waals surface area contributed by atoms with Crippen LogP contribution in [0.4, 0.5) is 4.39 Å². The first-order valence-electron chi connectivity index (χ1n) is 18.3. The molecule has 54 heavy (non-hydrogen) atoms. The highest BCUT2D eigenvalue weighted by molar-refractivity contribution is 7.91. The van der Waals surface area contributed by atoms with Crippen LogP contribution in [0.5, 0.6) is 5.88 Å². The fourth-order valence-electron chi connectivity index (χ4n) is 7.21. The Morgan fingerprint density at radius 2 is 1.89 bits per heavy atom. The molecule has 2 fully saturated rings. The molecule has 5 unspecified atom stereocenters. The minimum absolute atomic E-state index is 0.0334. The van der Waals surface area contributed by atoms with E-state index in [1.54, 1.807) is 19.2 Å². The number of carbonyl (C=O) groups excluding carboxylic acids is 4. The van der Waals surface area contributed by atoms with Gasteiger partial charge in [0.05, 0.1) is 22.8 Å². The zero-order chi connectivity index (χ0) is 38.2. The number of fused-ring (bicyclic) bond motifs is 3. The topological polar surface area (TPSA) is 195 Å². The number of carbonyl (C=O) groups is 4. The van der Waals surface area contributed by atoms with Crippen molar-refractivity contribution >= 4 is 44.7 Å². The lowest BCUT2D eigenvalue weighted by atomic mass is 9.73. The number of hydrogen-bond donors (Lipinski definition) is 3. The molecule has 3 aromatic rings. The Labute approximate surface area is 311 Å². The van der Waals surface area contributed by atoms with Gasteiger partial charge < -0.3 is 20.3 Å². The Morgan fingerprint density at radius 3 is 2.59 bits per heavy atom. The Bertz CT molecular complexity index is 2150. The molecule has 17 heteroatoms. The monoisotopic (exact) mass is 762 g/mol. The fraction of sp³-hybridized carbons (Fsp3) is 0.486. The Kier molecular flexibility index (Phi) is 10.3. The molecule has 1 saturated carbocycles. The molecule has 2 aliphatic heterocycles. The van der Waals surface area contributed by atoms with Crippen LogP contribution >= 0.6 is 0 Å². The summed E-state index contributed by atoms with van der Waals surface area (Å²) in [5.41, 5.74) is -0.245. The second-order valence-corrected chi connectivity index (χ2v) is 16.3. The average molecular weight is 763 g/mol. The first kappa shape index (κ1) is 37.1. The number of nitrogens with one attached hydrogen (secondary N) is 3. The lowest BCUT2D eigenvalue weighted by Gasteiger charge is -2.42. The number of allylic oxidation sites excluding steroid dienone is 1. The van der Waals surface area contributed by atoms with Crippen LogP contribution in [0.25, 0.3) is 11.0 Å². The van der Waals surface area contributed by atoms with E-state index in [9.17, 15) is 32.0 Å². The first-order chi connectivity index (χ1) is 25.9. The van der Waals surface area contributed by atoms with Crippen LogP contribution in [0, 0.1) is 11.7 Å². The predicted octanol–water partition coefficient (Wildman–Crippen LogP) is 2.38. The SMILES string of the molecule is CCc1nc2ccc(F)cc2nc1OC1CC2C(=O)NC3(C(=O)NS(=O)(=O)C4CC4)C=CC3C=CCCCCCC(NC(=O)c3ccnn3C)C(=O)N2C1. The molecule has 286 valence electrons. The van der Waals surface area contributed by atoms with Gasteiger partial charge in [-0.2, -0.15) is 5.10 Å². The average Bonchev–Trinajstić information content (AvgIpc) is 3.79. The van der Waals surface area contributed by atoms with E-state index < -0.39 is 74.4 Å². The molecule has 15 nitrogen and oxygen atoms in total. The van der Waals surface area contributed by atoms with Crippen LogP contribution in [0.3, 0.4) is 0 Å². The third-order valence-electron chi connectivity index (χ3n) is 10.5. The number of amides is 4. The van der Waals surface area contributed by atoms with Crippen LogP contribution in [0.15, 0.2) is 54.8 Å². The molecular weight excluding hydrogens is 720 g/mol. The van der Waals surface area contributed by atoms with E-state index >= 15 is 0 Å². The molecule has 0 bridgehead atoms. The molecule has 4 aliphatic rings. The van der Waals surface area contributed by atoms with Crippen LogP contribution < -0.4 is 20.1 Å². The quantitative estimate of drug-likeness (QED) is 0.287. The molecule has 4 amide bonds. The highest BCUT2D eigenvalue weighted by Crippen LogP contribution is 2.36. The van der Waals surface area contributed by atoms with Crippen LogP contribution in [0.1, 0.15) is 74.5 Å². The molecule has 0 radical (unpaired) electrons. The van der Waals surface area contributed by atoms with Crippen molar-refractivity contribution in [3.8, 4) is 5.88 Å². The second kappa shape index (κ2) is 14.9. The zero-order valence-corrected chi connectivity index (χ0v) is 30.9. The maximum Gasteiger partial charge on any atom is 0.270 e. The Morgan fingerprint density at radius 1 is 1.07 bits per heavy atom. The molecule has 2 aromatic heterocycles. The van der Waals surface area contributed by atoms with Crippen LogP contribution in [-0.4, -0.2) is 92.2 Å². The molecule has 2 aliphatic carbocycles. The van der Waals surface area contributed by atoms with Crippen molar-refractivity contribution in [1.29, 1.82) is 0 Å². The minimum atomic E-state index is -3.96. The molecule has 7 rings (SSSR count). The molecule has 3 N–H and O–H groups in total. The number of nitrogens with zero attached hydrogens (tertiary/aromatic N) is 5. The summed E-state index contributed by atoms with van der Waals surface area (Å²) in [7, 11) is -2.34. The lowest BCUT2D eigenvalue weighted by Crippen LogP contribution is -2.67. The van der Waals surface area contributed by atoms with Crippen molar-refractivity contribution in [3.05, 3.63) is 72.0 Å². The number of rotatable bonds is 8. The molecule has 0 spiro atoms. The number of hydrogen-bond acceptors (Lipinski definition) is 10. The van der Waals surface area contributed by atoms with E-state index in [0.29, 0.717) is 49.7 Å². The molecule has 5 atom stereocenters. The van der Waals surface area contributed by atoms with Crippen molar-refractivity contribution in [2.75, 3.05) is 6.54 Å². The summed E-state index contributed by atoms with van der Waals surface area (Å²) in [6.45, 7) is 1.78. The summed E-state index contributed by atoms with van der Waals surface area (Å²) in [5, 5.41) is 9.08. The summed E-state index contributed by atoms with van der Waals surface area (Å²) in [6, 6.07) is 3.38. The summed E-state index contributed by atoms with van der Waals surface area (Å²) >= 11 is 0. The van der Waals surface area contributed by atoms with Gasteiger partial charge in [0.1, 0.15) is 40.9 Å². The highest BCUT2D eigenvalue weighted by atomic mass is 32.2. The van der Waals surface area contributed by atoms with Crippen LogP contribution in [-0.2, 0) is 37.9 Å².